The molecule has 2 aromatic rings. The van der Waals surface area contributed by atoms with Crippen molar-refractivity contribution < 1.29 is 45.3 Å². The summed E-state index contributed by atoms with van der Waals surface area (Å²) in [5, 5.41) is 71.4. The Kier molecular flexibility index (Phi) is 4.95. The van der Waals surface area contributed by atoms with Gasteiger partial charge in [0, 0.05) is 12.0 Å². The van der Waals surface area contributed by atoms with Gasteiger partial charge in [0.25, 0.3) is 0 Å². The number of aryl methyl sites for hydroxylation is 1. The Morgan fingerprint density at radius 3 is 2.10 bits per heavy atom. The van der Waals surface area contributed by atoms with Crippen LogP contribution in [0.25, 0.3) is 0 Å². The average molecular weight is 418 g/mol. The number of ether oxygens (including phenoxy) is 1. The lowest BCUT2D eigenvalue weighted by Gasteiger charge is -2.45. The van der Waals surface area contributed by atoms with Gasteiger partial charge >= 0.3 is 0 Å². The van der Waals surface area contributed by atoms with Crippen LogP contribution in [0.5, 0.6) is 17.2 Å². The predicted molar refractivity (Wildman–Crippen MR) is 102 cm³/mol. The predicted octanol–water partition coefficient (Wildman–Crippen LogP) is -0.369. The van der Waals surface area contributed by atoms with Crippen LogP contribution in [-0.2, 0) is 4.74 Å². The summed E-state index contributed by atoms with van der Waals surface area (Å²) in [7, 11) is 0. The average Bonchev–Trinajstić information content (AvgIpc) is 2.66. The number of phenols is 3. The van der Waals surface area contributed by atoms with Gasteiger partial charge in [0.1, 0.15) is 41.7 Å². The minimum absolute atomic E-state index is 0.101. The van der Waals surface area contributed by atoms with Crippen molar-refractivity contribution in [1.82, 2.24) is 0 Å². The Hall–Kier alpha value is -2.69. The van der Waals surface area contributed by atoms with Crippen LogP contribution in [-0.4, -0.2) is 78.7 Å². The maximum atomic E-state index is 13.1. The number of rotatable bonds is 2. The molecule has 1 saturated heterocycles. The molecule has 0 aromatic heterocycles. The van der Waals surface area contributed by atoms with Crippen molar-refractivity contribution in [1.29, 1.82) is 0 Å². The number of hydrogen-bond donors (Lipinski definition) is 7. The first-order valence-corrected chi connectivity index (χ1v) is 9.40. The van der Waals surface area contributed by atoms with Gasteiger partial charge in [-0.3, -0.25) is 4.79 Å². The molecule has 0 saturated carbocycles. The lowest BCUT2D eigenvalue weighted by molar-refractivity contribution is -0.232. The van der Waals surface area contributed by atoms with Crippen molar-refractivity contribution in [3.8, 4) is 17.2 Å². The fourth-order valence-electron chi connectivity index (χ4n) is 4.47. The third kappa shape index (κ3) is 2.94. The molecule has 9 nitrogen and oxygen atoms in total. The Morgan fingerprint density at radius 2 is 1.47 bits per heavy atom. The van der Waals surface area contributed by atoms with Crippen molar-refractivity contribution in [2.45, 2.75) is 43.4 Å². The monoisotopic (exact) mass is 418 g/mol. The molecule has 0 unspecified atom stereocenters. The minimum Gasteiger partial charge on any atom is -0.508 e. The number of aliphatic hydroxyl groups is 4. The molecule has 1 fully saturated rings. The zero-order chi connectivity index (χ0) is 21.9. The number of carbonyl (C=O) groups excluding carboxylic acids is 1. The van der Waals surface area contributed by atoms with Crippen LogP contribution in [0.2, 0.25) is 0 Å². The minimum atomic E-state index is -1.66. The zero-order valence-electron chi connectivity index (χ0n) is 15.9. The summed E-state index contributed by atoms with van der Waals surface area (Å²) in [6, 6.07) is 5.20. The molecule has 1 aliphatic heterocycles. The van der Waals surface area contributed by atoms with Crippen molar-refractivity contribution in [2.24, 2.45) is 0 Å². The summed E-state index contributed by atoms with van der Waals surface area (Å²) < 4.78 is 5.71. The highest BCUT2D eigenvalue weighted by Gasteiger charge is 2.50. The van der Waals surface area contributed by atoms with Crippen LogP contribution in [0.4, 0.5) is 0 Å². The SMILES string of the molecule is Cc1cc(O)c2c(c1)[C@H]([C@@H]1O[C@H](CO)[C@@H](O)[C@H](O)[C@H]1O)c1cc(O)cc(O)c1C2=O. The fourth-order valence-corrected chi connectivity index (χ4v) is 4.47. The van der Waals surface area contributed by atoms with E-state index < -0.39 is 54.6 Å². The molecule has 160 valence electrons. The highest BCUT2D eigenvalue weighted by atomic mass is 16.5. The van der Waals surface area contributed by atoms with Gasteiger partial charge < -0.3 is 40.5 Å². The van der Waals surface area contributed by atoms with E-state index in [1.165, 1.54) is 12.1 Å². The summed E-state index contributed by atoms with van der Waals surface area (Å²) in [6.07, 6.45) is -7.33. The maximum Gasteiger partial charge on any atom is 0.201 e. The molecular weight excluding hydrogens is 396 g/mol. The normalized spacial score (nSPS) is 30.6. The number of hydrogen-bond acceptors (Lipinski definition) is 9. The number of benzene rings is 2. The summed E-state index contributed by atoms with van der Waals surface area (Å²) in [4.78, 5) is 13.1. The maximum absolute atomic E-state index is 13.1. The van der Waals surface area contributed by atoms with Crippen LogP contribution in [0.3, 0.4) is 0 Å². The first-order valence-electron chi connectivity index (χ1n) is 9.40. The molecule has 6 atom stereocenters. The molecule has 0 spiro atoms. The van der Waals surface area contributed by atoms with Crippen LogP contribution in [0.1, 0.15) is 38.5 Å². The Morgan fingerprint density at radius 1 is 0.867 bits per heavy atom. The van der Waals surface area contributed by atoms with Gasteiger partial charge in [0.05, 0.1) is 23.8 Å². The second-order valence-corrected chi connectivity index (χ2v) is 7.78. The number of aromatic hydroxyl groups is 3. The Bertz CT molecular complexity index is 955. The van der Waals surface area contributed by atoms with E-state index in [9.17, 15) is 40.5 Å². The van der Waals surface area contributed by atoms with Crippen LogP contribution in [0.15, 0.2) is 24.3 Å². The summed E-state index contributed by atoms with van der Waals surface area (Å²) in [5.74, 6) is -2.87. The third-order valence-electron chi connectivity index (χ3n) is 5.81. The van der Waals surface area contributed by atoms with Crippen LogP contribution in [0, 0.1) is 6.92 Å². The molecule has 1 heterocycles. The smallest absolute Gasteiger partial charge is 0.201 e. The van der Waals surface area contributed by atoms with Crippen molar-refractivity contribution in [2.75, 3.05) is 6.61 Å². The number of aliphatic hydroxyl groups excluding tert-OH is 4. The molecule has 7 N–H and O–H groups in total. The largest absolute Gasteiger partial charge is 0.508 e. The first-order chi connectivity index (χ1) is 14.1. The molecule has 30 heavy (non-hydrogen) atoms. The Balaban J connectivity index is 1.98. The van der Waals surface area contributed by atoms with Gasteiger partial charge in [0.15, 0.2) is 0 Å². The summed E-state index contributed by atoms with van der Waals surface area (Å²) >= 11 is 0. The van der Waals surface area contributed by atoms with Crippen LogP contribution >= 0.6 is 0 Å². The molecular formula is C21H22O9. The molecule has 2 aromatic carbocycles. The topological polar surface area (TPSA) is 168 Å². The quantitative estimate of drug-likeness (QED) is 0.344. The van der Waals surface area contributed by atoms with Crippen molar-refractivity contribution >= 4 is 5.78 Å². The lowest BCUT2D eigenvalue weighted by Crippen LogP contribution is -2.60. The second kappa shape index (κ2) is 7.22. The standard InChI is InChI=1S/C21H22O9/c1-7-2-9-14(21-20(29)19(28)17(26)13(6-22)30-21)10-4-8(23)5-12(25)16(10)18(27)15(9)11(24)3-7/h2-5,13-14,17,19-26,28-29H,6H2,1H3/t13-,14+,17-,19+,20-,21+/m1/s1. The van der Waals surface area contributed by atoms with Gasteiger partial charge in [0.2, 0.25) is 5.78 Å². The van der Waals surface area contributed by atoms with Crippen molar-refractivity contribution in [3.05, 3.63) is 52.1 Å². The van der Waals surface area contributed by atoms with E-state index in [1.54, 1.807) is 13.0 Å². The highest BCUT2D eigenvalue weighted by Crippen LogP contribution is 2.48. The third-order valence-corrected chi connectivity index (χ3v) is 5.81. The van der Waals surface area contributed by atoms with E-state index in [1.807, 2.05) is 0 Å². The molecule has 4 rings (SSSR count). The lowest BCUT2D eigenvalue weighted by atomic mass is 9.71. The molecule has 1 aliphatic carbocycles. The number of fused-ring (bicyclic) bond motifs is 2. The molecule has 0 amide bonds. The summed E-state index contributed by atoms with van der Waals surface area (Å²) in [5.41, 5.74) is 0.706. The van der Waals surface area contributed by atoms with Crippen LogP contribution < -0.4 is 0 Å². The number of carbonyl (C=O) groups is 1. The fraction of sp³-hybridized carbons (Fsp3) is 0.381. The zero-order valence-corrected chi connectivity index (χ0v) is 15.9. The number of ketones is 1. The van der Waals surface area contributed by atoms with Gasteiger partial charge in [-0.05, 0) is 35.7 Å². The first kappa shape index (κ1) is 20.6. The van der Waals surface area contributed by atoms with Gasteiger partial charge in [-0.15, -0.1) is 0 Å². The van der Waals surface area contributed by atoms with E-state index in [-0.39, 0.29) is 33.8 Å². The number of phenolic OH excluding ortho intramolecular Hbond substituents is 3. The summed E-state index contributed by atoms with van der Waals surface area (Å²) in [6.45, 7) is 1.04. The molecule has 0 radical (unpaired) electrons. The van der Waals surface area contributed by atoms with Gasteiger partial charge in [-0.1, -0.05) is 6.07 Å². The molecule has 9 heteroatoms. The van der Waals surface area contributed by atoms with Gasteiger partial charge in [-0.2, -0.15) is 0 Å². The Labute approximate surface area is 171 Å². The van der Waals surface area contributed by atoms with E-state index >= 15 is 0 Å². The molecule has 2 aliphatic rings. The highest BCUT2D eigenvalue weighted by molar-refractivity contribution is 6.16. The van der Waals surface area contributed by atoms with E-state index in [4.69, 9.17) is 4.74 Å². The van der Waals surface area contributed by atoms with Crippen molar-refractivity contribution in [3.63, 3.8) is 0 Å². The van der Waals surface area contributed by atoms with Gasteiger partial charge in [-0.25, -0.2) is 0 Å². The van der Waals surface area contributed by atoms with E-state index in [0.29, 0.717) is 5.56 Å². The van der Waals surface area contributed by atoms with E-state index in [2.05, 4.69) is 0 Å². The van der Waals surface area contributed by atoms with E-state index in [0.717, 1.165) is 6.07 Å². The molecule has 0 bridgehead atoms. The second-order valence-electron chi connectivity index (χ2n) is 7.78.